The first kappa shape index (κ1) is 23.0. The number of thioether (sulfide) groups is 1. The van der Waals surface area contributed by atoms with Gasteiger partial charge in [0.25, 0.3) is 10.0 Å². The molecule has 11 heteroatoms. The molecular weight excluding hydrogens is 454 g/mol. The first-order valence-corrected chi connectivity index (χ1v) is 12.1. The Morgan fingerprint density at radius 1 is 1.26 bits per heavy atom. The van der Waals surface area contributed by atoms with Crippen LogP contribution in [0.5, 0.6) is 5.75 Å². The predicted octanol–water partition coefficient (Wildman–Crippen LogP) is 3.41. The van der Waals surface area contributed by atoms with Gasteiger partial charge in [-0.2, -0.15) is 8.42 Å². The molecule has 0 aliphatic carbocycles. The van der Waals surface area contributed by atoms with Gasteiger partial charge in [0.15, 0.2) is 10.3 Å². The lowest BCUT2D eigenvalue weighted by atomic mass is 10.3. The van der Waals surface area contributed by atoms with Gasteiger partial charge in [-0.3, -0.25) is 4.90 Å². The van der Waals surface area contributed by atoms with Gasteiger partial charge in [0.05, 0.1) is 12.0 Å². The molecule has 2 aromatic rings. The molecule has 164 valence electrons. The lowest BCUT2D eigenvalue weighted by Crippen LogP contribution is -2.35. The highest BCUT2D eigenvalue weighted by Crippen LogP contribution is 2.30. The van der Waals surface area contributed by atoms with Crippen LogP contribution in [0.25, 0.3) is 0 Å². The zero-order valence-corrected chi connectivity index (χ0v) is 19.8. The number of aliphatic imine (C=N–C) groups is 1. The minimum Gasteiger partial charge on any atom is -0.494 e. The Labute approximate surface area is 192 Å². The monoisotopic (exact) mass is 477 g/mol. The molecule has 8 nitrogen and oxygen atoms in total. The van der Waals surface area contributed by atoms with Crippen LogP contribution in [0.1, 0.15) is 0 Å². The van der Waals surface area contributed by atoms with Crippen molar-refractivity contribution in [2.75, 3.05) is 38.8 Å². The molecule has 0 bridgehead atoms. The Morgan fingerprint density at radius 2 is 2.03 bits per heavy atom. The number of amidine groups is 1. The summed E-state index contributed by atoms with van der Waals surface area (Å²) in [5, 5.41) is 4.30. The van der Waals surface area contributed by atoms with Gasteiger partial charge in [0.1, 0.15) is 17.8 Å². The van der Waals surface area contributed by atoms with Gasteiger partial charge in [-0.25, -0.2) is 4.99 Å². The quantitative estimate of drug-likeness (QED) is 0.385. The van der Waals surface area contributed by atoms with Crippen molar-refractivity contribution in [3.63, 3.8) is 0 Å². The van der Waals surface area contributed by atoms with E-state index in [1.807, 2.05) is 29.2 Å². The second kappa shape index (κ2) is 10.1. The molecule has 0 atom stereocenters. The van der Waals surface area contributed by atoms with Crippen molar-refractivity contribution in [1.82, 2.24) is 9.80 Å². The molecule has 31 heavy (non-hydrogen) atoms. The number of rotatable bonds is 6. The highest BCUT2D eigenvalue weighted by molar-refractivity contribution is 8.14. The topological polar surface area (TPSA) is 86.6 Å². The van der Waals surface area contributed by atoms with Crippen LogP contribution >= 0.6 is 24.0 Å². The maximum absolute atomic E-state index is 12.4. The summed E-state index contributed by atoms with van der Waals surface area (Å²) in [4.78, 5) is 8.23. The van der Waals surface area contributed by atoms with E-state index >= 15 is 0 Å². The number of sulfonamides is 1. The number of hydrogen-bond acceptors (Lipinski definition) is 6. The molecule has 1 fully saturated rings. The summed E-state index contributed by atoms with van der Waals surface area (Å²) >= 11 is 7.17. The number of nitrogens with zero attached hydrogens (tertiary/aromatic N) is 4. The molecular formula is C20H23N5O3S3. The molecule has 0 saturated carbocycles. The van der Waals surface area contributed by atoms with Crippen LogP contribution < -0.4 is 10.1 Å². The zero-order chi connectivity index (χ0) is 22.4. The minimum atomic E-state index is -3.80. The molecule has 2 aromatic carbocycles. The van der Waals surface area contributed by atoms with Gasteiger partial charge in [-0.05, 0) is 42.5 Å². The largest absolute Gasteiger partial charge is 0.494 e. The van der Waals surface area contributed by atoms with Gasteiger partial charge in [-0.15, -0.1) is 4.40 Å². The predicted molar refractivity (Wildman–Crippen MR) is 131 cm³/mol. The van der Waals surface area contributed by atoms with E-state index in [2.05, 4.69) is 9.71 Å². The molecule has 1 N–H and O–H groups in total. The molecule has 1 aliphatic rings. The first-order chi connectivity index (χ1) is 14.8. The third-order valence-corrected chi connectivity index (χ3v) is 6.62. The fourth-order valence-electron chi connectivity index (χ4n) is 2.65. The third-order valence-electron chi connectivity index (χ3n) is 4.12. The molecule has 0 spiro atoms. The SMILES string of the molecule is COc1ccccc1N=C1SCCN1C(=S)Nc1cccc(S(=O)(=O)/N=C/N(C)C)c1. The van der Waals surface area contributed by atoms with E-state index in [1.54, 1.807) is 50.0 Å². The van der Waals surface area contributed by atoms with Crippen LogP contribution in [0.2, 0.25) is 0 Å². The molecule has 0 unspecified atom stereocenters. The van der Waals surface area contributed by atoms with E-state index in [4.69, 9.17) is 21.9 Å². The van der Waals surface area contributed by atoms with Crippen molar-refractivity contribution >= 4 is 62.0 Å². The summed E-state index contributed by atoms with van der Waals surface area (Å²) in [6.45, 7) is 0.690. The van der Waals surface area contributed by atoms with Crippen LogP contribution in [-0.4, -0.2) is 68.3 Å². The van der Waals surface area contributed by atoms with E-state index in [1.165, 1.54) is 18.5 Å². The van der Waals surface area contributed by atoms with Crippen molar-refractivity contribution < 1.29 is 13.2 Å². The van der Waals surface area contributed by atoms with Crippen molar-refractivity contribution in [1.29, 1.82) is 0 Å². The third kappa shape index (κ3) is 5.96. The summed E-state index contributed by atoms with van der Waals surface area (Å²) in [6, 6.07) is 13.9. The van der Waals surface area contributed by atoms with Crippen molar-refractivity contribution in [3.05, 3.63) is 48.5 Å². The molecule has 1 saturated heterocycles. The number of para-hydroxylation sites is 2. The average Bonchev–Trinajstić information content (AvgIpc) is 3.21. The van der Waals surface area contributed by atoms with Gasteiger partial charge in [-0.1, -0.05) is 30.0 Å². The number of ether oxygens (including phenoxy) is 1. The van der Waals surface area contributed by atoms with Gasteiger partial charge >= 0.3 is 0 Å². The maximum atomic E-state index is 12.4. The standard InChI is InChI=1S/C20H23N5O3S3/c1-24(2)14-21-31(26,27)16-8-6-7-15(13-16)22-19(29)25-11-12-30-20(25)23-17-9-4-5-10-18(17)28-3/h4-10,13-14H,11-12H2,1-3H3,(H,22,29)/b21-14+,23-20?. The average molecular weight is 478 g/mol. The van der Waals surface area contributed by atoms with Crippen molar-refractivity contribution in [2.45, 2.75) is 4.90 Å². The summed E-state index contributed by atoms with van der Waals surface area (Å²) in [6.07, 6.45) is 1.25. The van der Waals surface area contributed by atoms with Crippen LogP contribution in [0.3, 0.4) is 0 Å². The fourth-order valence-corrected chi connectivity index (χ4v) is 4.92. The number of nitrogens with one attached hydrogen (secondary N) is 1. The number of thiocarbonyl (C=S) groups is 1. The molecule has 1 aliphatic heterocycles. The summed E-state index contributed by atoms with van der Waals surface area (Å²) < 4.78 is 33.9. The fraction of sp³-hybridized carbons (Fsp3) is 0.250. The Bertz CT molecular complexity index is 1120. The first-order valence-electron chi connectivity index (χ1n) is 9.30. The second-order valence-corrected chi connectivity index (χ2v) is 9.76. The summed E-state index contributed by atoms with van der Waals surface area (Å²) in [5.41, 5.74) is 1.27. The van der Waals surface area contributed by atoms with E-state index in [9.17, 15) is 8.42 Å². The lowest BCUT2D eigenvalue weighted by Gasteiger charge is -2.20. The normalized spacial score (nSPS) is 15.5. The molecule has 0 aromatic heterocycles. The Morgan fingerprint density at radius 3 is 2.77 bits per heavy atom. The maximum Gasteiger partial charge on any atom is 0.283 e. The Hall–Kier alpha value is -2.63. The van der Waals surface area contributed by atoms with Gasteiger partial charge in [0.2, 0.25) is 0 Å². The highest BCUT2D eigenvalue weighted by Gasteiger charge is 2.24. The molecule has 0 radical (unpaired) electrons. The van der Waals surface area contributed by atoms with Crippen LogP contribution in [0, 0.1) is 0 Å². The van der Waals surface area contributed by atoms with Crippen LogP contribution in [0.15, 0.2) is 62.8 Å². The number of hydrogen-bond donors (Lipinski definition) is 1. The highest BCUT2D eigenvalue weighted by atomic mass is 32.2. The summed E-state index contributed by atoms with van der Waals surface area (Å²) in [5.74, 6) is 1.52. The van der Waals surface area contributed by atoms with E-state index in [0.717, 1.165) is 10.9 Å². The van der Waals surface area contributed by atoms with E-state index in [-0.39, 0.29) is 4.90 Å². The van der Waals surface area contributed by atoms with E-state index in [0.29, 0.717) is 28.8 Å². The van der Waals surface area contributed by atoms with Gasteiger partial charge < -0.3 is 15.0 Å². The van der Waals surface area contributed by atoms with Crippen LogP contribution in [0.4, 0.5) is 11.4 Å². The van der Waals surface area contributed by atoms with Gasteiger partial charge in [0, 0.05) is 32.1 Å². The van der Waals surface area contributed by atoms with E-state index < -0.39 is 10.0 Å². The molecule has 0 amide bonds. The second-order valence-electron chi connectivity index (χ2n) is 6.68. The zero-order valence-electron chi connectivity index (χ0n) is 17.3. The summed E-state index contributed by atoms with van der Waals surface area (Å²) in [7, 11) is 1.21. The number of benzene rings is 2. The Kier molecular flexibility index (Phi) is 7.52. The molecule has 1 heterocycles. The smallest absolute Gasteiger partial charge is 0.283 e. The van der Waals surface area contributed by atoms with Crippen molar-refractivity contribution in [3.8, 4) is 5.75 Å². The minimum absolute atomic E-state index is 0.0807. The van der Waals surface area contributed by atoms with Crippen molar-refractivity contribution in [2.24, 2.45) is 9.39 Å². The Balaban J connectivity index is 1.79. The number of methoxy groups -OCH3 is 1. The lowest BCUT2D eigenvalue weighted by molar-refractivity contribution is 0.416. The van der Waals surface area contributed by atoms with Crippen LogP contribution in [-0.2, 0) is 10.0 Å². The molecule has 3 rings (SSSR count). The number of anilines is 1.